The minimum absolute atomic E-state index is 0.113. The van der Waals surface area contributed by atoms with Gasteiger partial charge in [-0.2, -0.15) is 5.10 Å². The van der Waals surface area contributed by atoms with Crippen LogP contribution in [-0.4, -0.2) is 41.4 Å². The van der Waals surface area contributed by atoms with E-state index in [1.807, 2.05) is 57.2 Å². The van der Waals surface area contributed by atoms with E-state index in [0.29, 0.717) is 17.2 Å². The quantitative estimate of drug-likeness (QED) is 0.771. The van der Waals surface area contributed by atoms with Crippen molar-refractivity contribution in [1.82, 2.24) is 5.01 Å². The fourth-order valence-corrected chi connectivity index (χ4v) is 2.53. The third-order valence-corrected chi connectivity index (χ3v) is 4.08. The lowest BCUT2D eigenvalue weighted by Crippen LogP contribution is -2.46. The molecule has 0 radical (unpaired) electrons. The number of hydrazone groups is 1. The number of aliphatic hydroxyl groups is 1. The zero-order valence-electron chi connectivity index (χ0n) is 14.7. The maximum absolute atomic E-state index is 12.0. The van der Waals surface area contributed by atoms with Crippen LogP contribution < -0.4 is 0 Å². The number of nitrogens with zero attached hydrogens (tertiary/aromatic N) is 2. The summed E-state index contributed by atoms with van der Waals surface area (Å²) in [6.45, 7) is 5.90. The lowest BCUT2D eigenvalue weighted by Gasteiger charge is -2.38. The molecule has 6 heteroatoms. The van der Waals surface area contributed by atoms with Gasteiger partial charge >= 0.3 is 0 Å². The number of allylic oxidation sites excluding steroid dienone is 2. The predicted octanol–water partition coefficient (Wildman–Crippen LogP) is 4.10. The second-order valence-electron chi connectivity index (χ2n) is 6.75. The lowest BCUT2D eigenvalue weighted by molar-refractivity contribution is -0.0226. The first-order valence-corrected chi connectivity index (χ1v) is 8.52. The average molecular weight is 367 g/mol. The van der Waals surface area contributed by atoms with Crippen LogP contribution in [0.1, 0.15) is 31.9 Å². The summed E-state index contributed by atoms with van der Waals surface area (Å²) in [6.07, 6.45) is 4.41. The molecule has 0 saturated carbocycles. The van der Waals surface area contributed by atoms with Crippen molar-refractivity contribution in [1.29, 1.82) is 0 Å². The molecule has 1 atom stereocenters. The molecule has 4 nitrogen and oxygen atoms in total. The SMILES string of the molecule is CC(C)(C)N1N=CC(/C=C/c2ccc(COCCF)cc2)=C(Cl)C1O. The molecule has 0 amide bonds. The Balaban J connectivity index is 2.04. The third kappa shape index (κ3) is 5.39. The molecule has 1 aliphatic rings. The first kappa shape index (κ1) is 19.6. The highest BCUT2D eigenvalue weighted by molar-refractivity contribution is 6.32. The summed E-state index contributed by atoms with van der Waals surface area (Å²) in [7, 11) is 0. The first-order valence-electron chi connectivity index (χ1n) is 8.14. The van der Waals surface area contributed by atoms with E-state index in [2.05, 4.69) is 5.10 Å². The fourth-order valence-electron chi connectivity index (χ4n) is 2.32. The summed E-state index contributed by atoms with van der Waals surface area (Å²) < 4.78 is 17.2. The number of rotatable bonds is 6. The molecule has 136 valence electrons. The molecule has 0 fully saturated rings. The van der Waals surface area contributed by atoms with E-state index in [4.69, 9.17) is 16.3 Å². The van der Waals surface area contributed by atoms with Crippen LogP contribution in [0.15, 0.2) is 46.0 Å². The fraction of sp³-hybridized carbons (Fsp3) is 0.421. The highest BCUT2D eigenvalue weighted by Crippen LogP contribution is 2.28. The van der Waals surface area contributed by atoms with Crippen molar-refractivity contribution < 1.29 is 14.2 Å². The number of hydrogen-bond donors (Lipinski definition) is 1. The van der Waals surface area contributed by atoms with E-state index in [-0.39, 0.29) is 12.1 Å². The van der Waals surface area contributed by atoms with E-state index >= 15 is 0 Å². The van der Waals surface area contributed by atoms with Gasteiger partial charge in [0.15, 0.2) is 6.23 Å². The Kier molecular flexibility index (Phi) is 6.76. The van der Waals surface area contributed by atoms with Crippen LogP contribution in [-0.2, 0) is 11.3 Å². The van der Waals surface area contributed by atoms with E-state index in [9.17, 15) is 9.50 Å². The normalized spacial score (nSPS) is 18.5. The first-order chi connectivity index (χ1) is 11.8. The van der Waals surface area contributed by atoms with Crippen molar-refractivity contribution in [3.8, 4) is 0 Å². The Hall–Kier alpha value is -1.69. The van der Waals surface area contributed by atoms with Crippen molar-refractivity contribution >= 4 is 23.9 Å². The molecule has 1 heterocycles. The lowest BCUT2D eigenvalue weighted by atomic mass is 10.1. The van der Waals surface area contributed by atoms with E-state index in [1.165, 1.54) is 0 Å². The number of ether oxygens (including phenoxy) is 1. The van der Waals surface area contributed by atoms with E-state index in [0.717, 1.165) is 11.1 Å². The number of alkyl halides is 1. The molecule has 0 bridgehead atoms. The van der Waals surface area contributed by atoms with Crippen LogP contribution in [0.2, 0.25) is 0 Å². The van der Waals surface area contributed by atoms with E-state index in [1.54, 1.807) is 11.2 Å². The summed E-state index contributed by atoms with van der Waals surface area (Å²) in [6, 6.07) is 7.74. The molecule has 1 unspecified atom stereocenters. The van der Waals surface area contributed by atoms with Crippen molar-refractivity contribution in [2.75, 3.05) is 13.3 Å². The number of halogens is 2. The van der Waals surface area contributed by atoms with Gasteiger partial charge in [0, 0.05) is 5.57 Å². The van der Waals surface area contributed by atoms with Gasteiger partial charge in [-0.05, 0) is 31.9 Å². The minimum atomic E-state index is -0.957. The van der Waals surface area contributed by atoms with Crippen molar-refractivity contribution in [2.45, 2.75) is 39.1 Å². The summed E-state index contributed by atoms with van der Waals surface area (Å²) in [4.78, 5) is 0. The van der Waals surface area contributed by atoms with Gasteiger partial charge in [0.2, 0.25) is 0 Å². The van der Waals surface area contributed by atoms with Crippen LogP contribution >= 0.6 is 11.6 Å². The molecule has 1 N–H and O–H groups in total. The van der Waals surface area contributed by atoms with Crippen LogP contribution in [0.5, 0.6) is 0 Å². The van der Waals surface area contributed by atoms with Gasteiger partial charge in [0.25, 0.3) is 0 Å². The number of hydrogen-bond acceptors (Lipinski definition) is 4. The molecule has 1 aromatic carbocycles. The molecule has 2 rings (SSSR count). The summed E-state index contributed by atoms with van der Waals surface area (Å²) in [5.74, 6) is 0. The van der Waals surface area contributed by atoms with E-state index < -0.39 is 12.9 Å². The maximum atomic E-state index is 12.0. The molecule has 0 aliphatic carbocycles. The zero-order valence-corrected chi connectivity index (χ0v) is 15.5. The number of benzene rings is 1. The molecule has 0 saturated heterocycles. The number of aliphatic hydroxyl groups excluding tert-OH is 1. The molecule has 0 spiro atoms. The Bertz CT molecular complexity index is 663. The smallest absolute Gasteiger partial charge is 0.180 e. The zero-order chi connectivity index (χ0) is 18.4. The predicted molar refractivity (Wildman–Crippen MR) is 100 cm³/mol. The Morgan fingerprint density at radius 3 is 2.56 bits per heavy atom. The monoisotopic (exact) mass is 366 g/mol. The van der Waals surface area contributed by atoms with Crippen LogP contribution in [0, 0.1) is 0 Å². The van der Waals surface area contributed by atoms with Gasteiger partial charge in [-0.1, -0.05) is 48.0 Å². The second kappa shape index (κ2) is 8.61. The Morgan fingerprint density at radius 2 is 1.96 bits per heavy atom. The van der Waals surface area contributed by atoms with Crippen molar-refractivity contribution in [3.05, 3.63) is 52.1 Å². The topological polar surface area (TPSA) is 45.1 Å². The van der Waals surface area contributed by atoms with Gasteiger partial charge in [0.05, 0.1) is 30.0 Å². The third-order valence-electron chi connectivity index (χ3n) is 3.67. The maximum Gasteiger partial charge on any atom is 0.180 e. The average Bonchev–Trinajstić information content (AvgIpc) is 2.56. The summed E-state index contributed by atoms with van der Waals surface area (Å²) in [5, 5.41) is 16.5. The van der Waals surface area contributed by atoms with Crippen molar-refractivity contribution in [2.24, 2.45) is 5.10 Å². The summed E-state index contributed by atoms with van der Waals surface area (Å²) in [5.41, 5.74) is 2.31. The standard InChI is InChI=1S/C19H24ClFN2O2/c1-19(2,3)23-18(24)17(20)16(12-22-23)9-8-14-4-6-15(7-5-14)13-25-11-10-21/h4-9,12,18,24H,10-11,13H2,1-3H3/b9-8+. The van der Waals surface area contributed by atoms with Crippen molar-refractivity contribution in [3.63, 3.8) is 0 Å². The molecule has 1 aliphatic heterocycles. The summed E-state index contributed by atoms with van der Waals surface area (Å²) >= 11 is 6.29. The largest absolute Gasteiger partial charge is 0.374 e. The molecule has 1 aromatic rings. The molecule has 0 aromatic heterocycles. The van der Waals surface area contributed by atoms with Gasteiger partial charge < -0.3 is 9.84 Å². The molecular formula is C19H24ClFN2O2. The van der Waals surface area contributed by atoms with Crippen LogP contribution in [0.25, 0.3) is 6.08 Å². The minimum Gasteiger partial charge on any atom is -0.374 e. The highest BCUT2D eigenvalue weighted by Gasteiger charge is 2.31. The Morgan fingerprint density at radius 1 is 1.28 bits per heavy atom. The van der Waals surface area contributed by atoms with Gasteiger partial charge in [-0.15, -0.1) is 0 Å². The van der Waals surface area contributed by atoms with Crippen LogP contribution in [0.3, 0.4) is 0 Å². The molecule has 25 heavy (non-hydrogen) atoms. The Labute approximate surface area is 153 Å². The second-order valence-corrected chi connectivity index (χ2v) is 7.16. The van der Waals surface area contributed by atoms with Gasteiger partial charge in [0.1, 0.15) is 6.67 Å². The highest BCUT2D eigenvalue weighted by atomic mass is 35.5. The molecular weight excluding hydrogens is 343 g/mol. The van der Waals surface area contributed by atoms with Gasteiger partial charge in [-0.25, -0.2) is 4.39 Å². The van der Waals surface area contributed by atoms with Crippen LogP contribution in [0.4, 0.5) is 4.39 Å². The van der Waals surface area contributed by atoms with Gasteiger partial charge in [-0.3, -0.25) is 5.01 Å².